The Labute approximate surface area is 250 Å². The number of esters is 1. The molecular formula is C28H38N7O7P. The molecule has 5 atom stereocenters. The predicted octanol–water partition coefficient (Wildman–Crippen LogP) is 4.54. The van der Waals surface area contributed by atoms with E-state index in [1.807, 2.05) is 6.92 Å². The summed E-state index contributed by atoms with van der Waals surface area (Å²) in [6.45, 7) is 8.59. The van der Waals surface area contributed by atoms with Gasteiger partial charge in [0.05, 0.1) is 32.2 Å². The van der Waals surface area contributed by atoms with Crippen molar-refractivity contribution in [3.8, 4) is 17.7 Å². The van der Waals surface area contributed by atoms with Crippen LogP contribution in [-0.2, 0) is 23.4 Å². The molecule has 14 nitrogen and oxygen atoms in total. The van der Waals surface area contributed by atoms with Crippen molar-refractivity contribution >= 4 is 30.8 Å². The van der Waals surface area contributed by atoms with Crippen LogP contribution in [0.5, 0.6) is 11.6 Å². The van der Waals surface area contributed by atoms with Gasteiger partial charge < -0.3 is 24.5 Å². The third-order valence-electron chi connectivity index (χ3n) is 6.78. The normalized spacial score (nSPS) is 22.4. The average Bonchev–Trinajstić information content (AvgIpc) is 3.50. The van der Waals surface area contributed by atoms with Crippen molar-refractivity contribution in [1.82, 2.24) is 24.6 Å². The molecule has 43 heavy (non-hydrogen) atoms. The van der Waals surface area contributed by atoms with Crippen LogP contribution in [-0.4, -0.2) is 57.0 Å². The smallest absolute Gasteiger partial charge is 0.459 e. The molecule has 0 spiro atoms. The molecule has 0 amide bonds. The summed E-state index contributed by atoms with van der Waals surface area (Å²) >= 11 is 0. The average molecular weight is 616 g/mol. The summed E-state index contributed by atoms with van der Waals surface area (Å²) in [5, 5.41) is 12.1. The Morgan fingerprint density at radius 2 is 2.05 bits per heavy atom. The third kappa shape index (κ3) is 7.80. The van der Waals surface area contributed by atoms with Crippen molar-refractivity contribution in [2.45, 2.75) is 77.9 Å². The first kappa shape index (κ1) is 32.2. The largest absolute Gasteiger partial charge is 0.479 e. The Hall–Kier alpha value is -3.76. The number of rotatable bonds is 12. The lowest BCUT2D eigenvalue weighted by Gasteiger charge is -2.30. The SMILES string of the molecule is COc1nc(N)nc2c1ncn2C1OC(COP(=O)(NC(C)C(=O)OC(C)(C)C)Oc2ccccc2)CC1(C)CCC#N. The number of hydrogen-bond acceptors (Lipinski definition) is 12. The van der Waals surface area contributed by atoms with Gasteiger partial charge in [0.15, 0.2) is 11.2 Å². The van der Waals surface area contributed by atoms with Gasteiger partial charge in [-0.1, -0.05) is 25.1 Å². The molecule has 232 valence electrons. The summed E-state index contributed by atoms with van der Waals surface area (Å²) in [4.78, 5) is 25.5. The summed E-state index contributed by atoms with van der Waals surface area (Å²) < 4.78 is 44.7. The molecule has 0 saturated carbocycles. The van der Waals surface area contributed by atoms with E-state index in [0.29, 0.717) is 24.0 Å². The van der Waals surface area contributed by atoms with E-state index in [1.165, 1.54) is 14.0 Å². The molecule has 1 fully saturated rings. The first-order valence-corrected chi connectivity index (χ1v) is 15.4. The maximum absolute atomic E-state index is 14.0. The van der Waals surface area contributed by atoms with Crippen LogP contribution in [0.4, 0.5) is 5.95 Å². The van der Waals surface area contributed by atoms with E-state index in [4.69, 9.17) is 29.0 Å². The lowest BCUT2D eigenvalue weighted by molar-refractivity contribution is -0.156. The molecule has 15 heteroatoms. The second kappa shape index (κ2) is 12.9. The van der Waals surface area contributed by atoms with Crippen LogP contribution in [0, 0.1) is 16.7 Å². The van der Waals surface area contributed by atoms with E-state index in [-0.39, 0.29) is 30.6 Å². The number of para-hydroxylation sites is 1. The predicted molar refractivity (Wildman–Crippen MR) is 157 cm³/mol. The van der Waals surface area contributed by atoms with Crippen molar-refractivity contribution in [2.75, 3.05) is 19.5 Å². The van der Waals surface area contributed by atoms with E-state index < -0.39 is 43.1 Å². The molecule has 0 bridgehead atoms. The molecule has 0 radical (unpaired) electrons. The zero-order valence-corrected chi connectivity index (χ0v) is 26.0. The minimum Gasteiger partial charge on any atom is -0.479 e. The van der Waals surface area contributed by atoms with E-state index in [2.05, 4.69) is 26.1 Å². The minimum absolute atomic E-state index is 0.00638. The topological polar surface area (TPSA) is 186 Å². The van der Waals surface area contributed by atoms with Crippen molar-refractivity contribution < 1.29 is 32.6 Å². The zero-order valence-electron chi connectivity index (χ0n) is 25.1. The van der Waals surface area contributed by atoms with E-state index in [9.17, 15) is 14.6 Å². The monoisotopic (exact) mass is 615 g/mol. The molecule has 3 N–H and O–H groups in total. The fourth-order valence-corrected chi connectivity index (χ4v) is 6.40. The number of nitrogen functional groups attached to an aromatic ring is 1. The van der Waals surface area contributed by atoms with Crippen LogP contribution in [0.3, 0.4) is 0 Å². The first-order valence-electron chi connectivity index (χ1n) is 13.8. The molecule has 1 aromatic carbocycles. The zero-order chi connectivity index (χ0) is 31.4. The van der Waals surface area contributed by atoms with Gasteiger partial charge in [-0.15, -0.1) is 0 Å². The van der Waals surface area contributed by atoms with Crippen LogP contribution in [0.1, 0.15) is 60.1 Å². The highest BCUT2D eigenvalue weighted by Crippen LogP contribution is 2.51. The van der Waals surface area contributed by atoms with Gasteiger partial charge in [0, 0.05) is 11.8 Å². The summed E-state index contributed by atoms with van der Waals surface area (Å²) in [5.41, 5.74) is 5.43. The van der Waals surface area contributed by atoms with E-state index in [1.54, 1.807) is 62.0 Å². The third-order valence-corrected chi connectivity index (χ3v) is 8.43. The number of anilines is 1. The number of nitriles is 1. The Morgan fingerprint density at radius 3 is 2.70 bits per heavy atom. The molecule has 1 aliphatic heterocycles. The summed E-state index contributed by atoms with van der Waals surface area (Å²) in [6, 6.07) is 9.69. The van der Waals surface area contributed by atoms with Crippen LogP contribution in [0.15, 0.2) is 36.7 Å². The Balaban J connectivity index is 1.58. The Morgan fingerprint density at radius 1 is 1.33 bits per heavy atom. The Bertz CT molecular complexity index is 1520. The van der Waals surface area contributed by atoms with Gasteiger partial charge in [0.25, 0.3) is 0 Å². The van der Waals surface area contributed by atoms with Gasteiger partial charge in [-0.05, 0) is 52.7 Å². The summed E-state index contributed by atoms with van der Waals surface area (Å²) in [6.07, 6.45) is 1.59. The fraction of sp³-hybridized carbons (Fsp3) is 0.536. The molecule has 1 aliphatic rings. The minimum atomic E-state index is -4.12. The second-order valence-electron chi connectivity index (χ2n) is 11.6. The van der Waals surface area contributed by atoms with Crippen LogP contribution in [0.2, 0.25) is 0 Å². The maximum Gasteiger partial charge on any atom is 0.459 e. The number of aromatic nitrogens is 4. The number of imidazole rings is 1. The standard InChI is InChI=1S/C28H38N7O7P/c1-18(24(36)41-27(2,3)4)34-43(37,42-19-11-8-7-9-12-19)39-16-20-15-28(5,13-10-14-29)25(40-20)35-17-31-21-22(35)32-26(30)33-23(21)38-6/h7-9,11-12,17-18,20,25H,10,13,15-16H2,1-6H3,(H,34,37)(H2,30,32,33). The van der Waals surface area contributed by atoms with Crippen LogP contribution < -0.4 is 20.1 Å². The summed E-state index contributed by atoms with van der Waals surface area (Å²) in [5.74, 6) is -0.0956. The van der Waals surface area contributed by atoms with Gasteiger partial charge >= 0.3 is 13.7 Å². The van der Waals surface area contributed by atoms with E-state index in [0.717, 1.165) is 0 Å². The number of ether oxygens (including phenoxy) is 3. The number of benzene rings is 1. The number of carbonyl (C=O) groups excluding carboxylic acids is 1. The molecule has 1 saturated heterocycles. The molecule has 0 aliphatic carbocycles. The van der Waals surface area contributed by atoms with Gasteiger partial charge in [0.2, 0.25) is 11.8 Å². The lowest BCUT2D eigenvalue weighted by Crippen LogP contribution is -2.39. The number of fused-ring (bicyclic) bond motifs is 1. The molecule has 4 rings (SSSR count). The summed E-state index contributed by atoms with van der Waals surface area (Å²) in [7, 11) is -2.66. The molecular weight excluding hydrogens is 577 g/mol. The van der Waals surface area contributed by atoms with Gasteiger partial charge in [0.1, 0.15) is 23.6 Å². The molecule has 3 aromatic rings. The molecule has 2 aromatic heterocycles. The van der Waals surface area contributed by atoms with Crippen molar-refractivity contribution in [3.63, 3.8) is 0 Å². The lowest BCUT2D eigenvalue weighted by atomic mass is 9.81. The first-order chi connectivity index (χ1) is 20.3. The number of nitrogens with zero attached hydrogens (tertiary/aromatic N) is 5. The fourth-order valence-electron chi connectivity index (χ4n) is 4.87. The Kier molecular flexibility index (Phi) is 9.61. The van der Waals surface area contributed by atoms with E-state index >= 15 is 0 Å². The highest BCUT2D eigenvalue weighted by atomic mass is 31.2. The quantitative estimate of drug-likeness (QED) is 0.214. The molecule has 3 heterocycles. The molecule has 5 unspecified atom stereocenters. The van der Waals surface area contributed by atoms with Gasteiger partial charge in [-0.3, -0.25) is 13.9 Å². The van der Waals surface area contributed by atoms with Gasteiger partial charge in [-0.2, -0.15) is 20.3 Å². The number of hydrogen-bond donors (Lipinski definition) is 2. The number of nitrogens with two attached hydrogens (primary N) is 1. The second-order valence-corrected chi connectivity index (χ2v) is 13.3. The van der Waals surface area contributed by atoms with Crippen molar-refractivity contribution in [1.29, 1.82) is 5.26 Å². The highest BCUT2D eigenvalue weighted by molar-refractivity contribution is 7.52. The highest BCUT2D eigenvalue weighted by Gasteiger charge is 2.47. The van der Waals surface area contributed by atoms with Crippen LogP contribution >= 0.6 is 7.75 Å². The number of carbonyl (C=O) groups is 1. The maximum atomic E-state index is 14.0. The van der Waals surface area contributed by atoms with Gasteiger partial charge in [-0.25, -0.2) is 9.55 Å². The number of methoxy groups -OCH3 is 1. The number of nitrogens with one attached hydrogen (secondary N) is 1. The van der Waals surface area contributed by atoms with Crippen LogP contribution in [0.25, 0.3) is 11.2 Å². The van der Waals surface area contributed by atoms with Crippen molar-refractivity contribution in [2.24, 2.45) is 5.41 Å². The van der Waals surface area contributed by atoms with Crippen molar-refractivity contribution in [3.05, 3.63) is 36.7 Å².